The molecule has 186 valence electrons. The second-order valence-electron chi connectivity index (χ2n) is 7.94. The van der Waals surface area contributed by atoms with Crippen molar-refractivity contribution in [2.45, 2.75) is 32.7 Å². The van der Waals surface area contributed by atoms with E-state index in [1.54, 1.807) is 12.1 Å². The number of imide groups is 2. The Bertz CT molecular complexity index is 1420. The lowest BCUT2D eigenvalue weighted by Gasteiger charge is -2.26. The Hall–Kier alpha value is -2.60. The summed E-state index contributed by atoms with van der Waals surface area (Å²) >= 11 is 19.1. The van der Waals surface area contributed by atoms with E-state index in [0.717, 1.165) is 9.80 Å². The number of carbonyl (C=O) groups excluding carboxylic acids is 4. The molecule has 0 atom stereocenters. The first-order chi connectivity index (χ1) is 17.0. The van der Waals surface area contributed by atoms with Gasteiger partial charge < -0.3 is 0 Å². The van der Waals surface area contributed by atoms with E-state index in [9.17, 15) is 19.2 Å². The molecule has 0 saturated heterocycles. The number of amides is 4. The molecule has 1 fully saturated rings. The molecular formula is C23H17Br2Cl2N5O4. The van der Waals surface area contributed by atoms with Crippen molar-refractivity contribution in [3.63, 3.8) is 0 Å². The van der Waals surface area contributed by atoms with Gasteiger partial charge in [0.15, 0.2) is 5.82 Å². The lowest BCUT2D eigenvalue weighted by molar-refractivity contribution is -0.126. The molecule has 1 aromatic carbocycles. The molecule has 0 bridgehead atoms. The van der Waals surface area contributed by atoms with Gasteiger partial charge in [-0.1, -0.05) is 23.2 Å². The molecule has 2 heterocycles. The molecule has 9 nitrogen and oxygen atoms in total. The summed E-state index contributed by atoms with van der Waals surface area (Å²) in [5.41, 5.74) is -0.186. The highest BCUT2D eigenvalue weighted by atomic mass is 79.9. The number of aromatic nitrogens is 3. The number of nitrogens with zero attached hydrogens (tertiary/aromatic N) is 5. The van der Waals surface area contributed by atoms with Gasteiger partial charge in [-0.3, -0.25) is 24.1 Å². The molecule has 4 amide bonds. The zero-order valence-electron chi connectivity index (χ0n) is 18.8. The maximum absolute atomic E-state index is 13.9. The zero-order chi connectivity index (χ0) is 26.3. The van der Waals surface area contributed by atoms with Crippen molar-refractivity contribution in [1.82, 2.24) is 19.7 Å². The van der Waals surface area contributed by atoms with E-state index in [0.29, 0.717) is 17.4 Å². The average Bonchev–Trinajstić information content (AvgIpc) is 3.54. The molecular weight excluding hydrogens is 641 g/mol. The van der Waals surface area contributed by atoms with E-state index in [-0.39, 0.29) is 43.3 Å². The fourth-order valence-electron chi connectivity index (χ4n) is 3.70. The number of carbonyl (C=O) groups is 4. The van der Waals surface area contributed by atoms with Crippen LogP contribution in [-0.2, 0) is 9.59 Å². The molecule has 0 radical (unpaired) electrons. The van der Waals surface area contributed by atoms with Crippen LogP contribution in [0.3, 0.4) is 0 Å². The average molecular weight is 658 g/mol. The monoisotopic (exact) mass is 655 g/mol. The minimum atomic E-state index is -0.805. The molecule has 0 N–H and O–H groups in total. The van der Waals surface area contributed by atoms with E-state index in [4.69, 9.17) is 23.2 Å². The first-order valence-corrected chi connectivity index (χ1v) is 12.9. The van der Waals surface area contributed by atoms with E-state index in [1.807, 2.05) is 0 Å². The molecule has 4 rings (SSSR count). The van der Waals surface area contributed by atoms with Crippen LogP contribution in [0.5, 0.6) is 0 Å². The van der Waals surface area contributed by atoms with Gasteiger partial charge in [0.2, 0.25) is 11.8 Å². The van der Waals surface area contributed by atoms with Gasteiger partial charge in [0.1, 0.15) is 10.3 Å². The summed E-state index contributed by atoms with van der Waals surface area (Å²) in [7, 11) is 0. The Morgan fingerprint density at radius 1 is 1.03 bits per heavy atom. The molecule has 2 aromatic heterocycles. The summed E-state index contributed by atoms with van der Waals surface area (Å²) < 4.78 is 1.70. The predicted molar refractivity (Wildman–Crippen MR) is 141 cm³/mol. The van der Waals surface area contributed by atoms with Crippen LogP contribution in [0, 0.1) is 0 Å². The number of pyridine rings is 1. The van der Waals surface area contributed by atoms with E-state index in [2.05, 4.69) is 41.9 Å². The fourth-order valence-corrected chi connectivity index (χ4v) is 5.27. The molecule has 0 aliphatic heterocycles. The number of hydrogen-bond acceptors (Lipinski definition) is 6. The normalized spacial score (nSPS) is 12.8. The third-order valence-electron chi connectivity index (χ3n) is 5.31. The van der Waals surface area contributed by atoms with Crippen molar-refractivity contribution in [3.8, 4) is 5.82 Å². The minimum Gasteiger partial charge on any atom is -0.276 e. The van der Waals surface area contributed by atoms with Crippen LogP contribution < -0.4 is 4.90 Å². The van der Waals surface area contributed by atoms with Gasteiger partial charge >= 0.3 is 0 Å². The quantitative estimate of drug-likeness (QED) is 0.362. The van der Waals surface area contributed by atoms with E-state index in [1.165, 1.54) is 42.9 Å². The maximum Gasteiger partial charge on any atom is 0.283 e. The summed E-state index contributed by atoms with van der Waals surface area (Å²) in [6, 6.07) is 7.14. The van der Waals surface area contributed by atoms with Gasteiger partial charge in [0, 0.05) is 41.6 Å². The lowest BCUT2D eigenvalue weighted by Crippen LogP contribution is -2.41. The van der Waals surface area contributed by atoms with Crippen LogP contribution in [0.1, 0.15) is 47.5 Å². The standard InChI is InChI=1S/C23H17Br2Cl2N5O4/c1-11(33)30(14-5-6-14)22(35)15-8-13(26)9-16(24)20(15)31(12(2)34)23(36)18-10-19(25)29-32(18)21-17(27)4-3-7-28-21/h3-4,7-10,14H,5-6H2,1-2H3. The SMILES string of the molecule is CC(=O)N(C(=O)c1cc(Br)nn1-c1ncccc1Cl)c1c(Br)cc(Cl)cc1C(=O)N(C(C)=O)C1CC1. The highest BCUT2D eigenvalue weighted by molar-refractivity contribution is 9.10. The molecule has 0 unspecified atom stereocenters. The first-order valence-electron chi connectivity index (χ1n) is 10.6. The molecule has 1 aliphatic rings. The third kappa shape index (κ3) is 5.10. The zero-order valence-corrected chi connectivity index (χ0v) is 23.5. The van der Waals surface area contributed by atoms with Gasteiger partial charge in [-0.25, -0.2) is 14.6 Å². The third-order valence-corrected chi connectivity index (χ3v) is 6.81. The predicted octanol–water partition coefficient (Wildman–Crippen LogP) is 5.44. The highest BCUT2D eigenvalue weighted by Gasteiger charge is 2.39. The summed E-state index contributed by atoms with van der Waals surface area (Å²) in [5, 5.41) is 4.65. The van der Waals surface area contributed by atoms with E-state index < -0.39 is 23.6 Å². The maximum atomic E-state index is 13.9. The van der Waals surface area contributed by atoms with Crippen LogP contribution >= 0.6 is 55.1 Å². The lowest BCUT2D eigenvalue weighted by atomic mass is 10.1. The number of hydrogen-bond donors (Lipinski definition) is 0. The van der Waals surface area contributed by atoms with Crippen molar-refractivity contribution in [2.24, 2.45) is 0 Å². The second kappa shape index (κ2) is 10.4. The fraction of sp³-hybridized carbons (Fsp3) is 0.217. The molecule has 0 spiro atoms. The Morgan fingerprint density at radius 2 is 1.72 bits per heavy atom. The van der Waals surface area contributed by atoms with Crippen LogP contribution in [0.4, 0.5) is 5.69 Å². The summed E-state index contributed by atoms with van der Waals surface area (Å²) in [6.07, 6.45) is 2.83. The van der Waals surface area contributed by atoms with E-state index >= 15 is 0 Å². The largest absolute Gasteiger partial charge is 0.283 e. The van der Waals surface area contributed by atoms with Gasteiger partial charge in [-0.05, 0) is 69.0 Å². The number of anilines is 1. The Morgan fingerprint density at radius 3 is 2.31 bits per heavy atom. The number of rotatable bonds is 5. The van der Waals surface area contributed by atoms with Crippen molar-refractivity contribution < 1.29 is 19.2 Å². The van der Waals surface area contributed by atoms with Crippen molar-refractivity contribution in [1.29, 1.82) is 0 Å². The number of halogens is 4. The van der Waals surface area contributed by atoms with Gasteiger partial charge in [-0.2, -0.15) is 5.10 Å². The van der Waals surface area contributed by atoms with Gasteiger partial charge in [0.25, 0.3) is 11.8 Å². The summed E-state index contributed by atoms with van der Waals surface area (Å²) in [6.45, 7) is 2.47. The van der Waals surface area contributed by atoms with Gasteiger partial charge in [-0.15, -0.1) is 0 Å². The second-order valence-corrected chi connectivity index (χ2v) is 10.5. The van der Waals surface area contributed by atoms with Gasteiger partial charge in [0.05, 0.1) is 16.3 Å². The first kappa shape index (κ1) is 26.5. The van der Waals surface area contributed by atoms with Crippen LogP contribution in [0.2, 0.25) is 10.0 Å². The molecule has 3 aromatic rings. The Balaban J connectivity index is 1.89. The molecule has 1 aliphatic carbocycles. The smallest absolute Gasteiger partial charge is 0.276 e. The van der Waals surface area contributed by atoms with Crippen LogP contribution in [-0.4, -0.2) is 49.3 Å². The van der Waals surface area contributed by atoms with Crippen LogP contribution in [0.15, 0.2) is 45.6 Å². The Kier molecular flexibility index (Phi) is 7.65. The topological polar surface area (TPSA) is 105 Å². The molecule has 13 heteroatoms. The minimum absolute atomic E-state index is 0.0511. The van der Waals surface area contributed by atoms with Crippen molar-refractivity contribution >= 4 is 84.4 Å². The van der Waals surface area contributed by atoms with Crippen molar-refractivity contribution in [3.05, 3.63) is 66.9 Å². The molecule has 1 saturated carbocycles. The molecule has 36 heavy (non-hydrogen) atoms. The van der Waals surface area contributed by atoms with Crippen molar-refractivity contribution in [2.75, 3.05) is 4.90 Å². The highest BCUT2D eigenvalue weighted by Crippen LogP contribution is 2.38. The number of benzene rings is 1. The van der Waals surface area contributed by atoms with Crippen LogP contribution in [0.25, 0.3) is 5.82 Å². The Labute approximate surface area is 232 Å². The summed E-state index contributed by atoms with van der Waals surface area (Å²) in [4.78, 5) is 58.8. The summed E-state index contributed by atoms with van der Waals surface area (Å²) in [5.74, 6) is -2.43.